The first-order valence-corrected chi connectivity index (χ1v) is 9.28. The molecule has 0 aliphatic rings. The molecule has 1 heterocycles. The Hall–Kier alpha value is -2.30. The molecule has 0 atom stereocenters. The van der Waals surface area contributed by atoms with Crippen molar-refractivity contribution >= 4 is 16.8 Å². The summed E-state index contributed by atoms with van der Waals surface area (Å²) >= 11 is 0. The average Bonchev–Trinajstić information content (AvgIpc) is 2.52. The molecule has 0 spiro atoms. The molecule has 0 amide bonds. The van der Waals surface area contributed by atoms with Gasteiger partial charge in [-0.05, 0) is 39.7 Å². The van der Waals surface area contributed by atoms with E-state index >= 15 is 0 Å². The average molecular weight is 360 g/mol. The molecule has 0 radical (unpaired) electrons. The quantitative estimate of drug-likeness (QED) is 0.494. The van der Waals surface area contributed by atoms with Crippen molar-refractivity contribution in [1.29, 1.82) is 0 Å². The fraction of sp³-hybridized carbons (Fsp3) is 0.524. The molecule has 0 bridgehead atoms. The van der Waals surface area contributed by atoms with Gasteiger partial charge in [0.2, 0.25) is 0 Å². The molecule has 2 aromatic rings. The summed E-state index contributed by atoms with van der Waals surface area (Å²) in [6.07, 6.45) is 1.64. The van der Waals surface area contributed by atoms with Gasteiger partial charge >= 0.3 is 5.63 Å². The highest BCUT2D eigenvalue weighted by Gasteiger charge is 2.24. The fourth-order valence-corrected chi connectivity index (χ4v) is 2.96. The number of hydrogen-bond acceptors (Lipinski definition) is 5. The van der Waals surface area contributed by atoms with Gasteiger partial charge in [-0.25, -0.2) is 4.79 Å². The van der Waals surface area contributed by atoms with Crippen LogP contribution < -0.4 is 15.1 Å². The molecule has 2 rings (SSSR count). The zero-order valence-corrected chi connectivity index (χ0v) is 16.5. The lowest BCUT2D eigenvalue weighted by Crippen LogP contribution is -2.14. The van der Waals surface area contributed by atoms with Crippen molar-refractivity contribution in [2.24, 2.45) is 0 Å². The summed E-state index contributed by atoms with van der Waals surface area (Å²) in [7, 11) is 0. The Morgan fingerprint density at radius 1 is 1.04 bits per heavy atom. The van der Waals surface area contributed by atoms with Crippen molar-refractivity contribution in [3.63, 3.8) is 0 Å². The number of carbonyl (C=O) groups excluding carboxylic acids is 1. The molecule has 0 unspecified atom stereocenters. The van der Waals surface area contributed by atoms with E-state index in [1.165, 1.54) is 6.07 Å². The molecule has 0 saturated heterocycles. The van der Waals surface area contributed by atoms with Crippen LogP contribution in [0.1, 0.15) is 70.3 Å². The maximum absolute atomic E-state index is 12.7. The number of ether oxygens (including phenoxy) is 2. The predicted octanol–water partition coefficient (Wildman–Crippen LogP) is 4.91. The molecule has 1 aromatic carbocycles. The van der Waals surface area contributed by atoms with Gasteiger partial charge < -0.3 is 13.9 Å². The van der Waals surface area contributed by atoms with Crippen LogP contribution in [0.25, 0.3) is 11.0 Å². The summed E-state index contributed by atoms with van der Waals surface area (Å²) in [5.74, 6) is 0.843. The van der Waals surface area contributed by atoms with Crippen LogP contribution in [0.3, 0.4) is 0 Å². The highest BCUT2D eigenvalue weighted by molar-refractivity contribution is 6.10. The summed E-state index contributed by atoms with van der Waals surface area (Å²) in [5.41, 5.74) is 0.947. The zero-order chi connectivity index (χ0) is 19.4. The lowest BCUT2D eigenvalue weighted by molar-refractivity contribution is 0.0983. The second-order valence-corrected chi connectivity index (χ2v) is 6.90. The largest absolute Gasteiger partial charge is 0.490 e. The number of ketones is 1. The Bertz CT molecular complexity index is 846. The molecule has 1 aromatic heterocycles. The first-order chi connectivity index (χ1) is 12.3. The van der Waals surface area contributed by atoms with Gasteiger partial charge in [-0.15, -0.1) is 0 Å². The highest BCUT2D eigenvalue weighted by Crippen LogP contribution is 2.39. The SMILES string of the molecule is CCCc1cc(=O)oc2c(C(=O)CC)c(OC(C)C)cc(OC(C)C)c12. The number of benzene rings is 1. The van der Waals surface area contributed by atoms with E-state index in [1.54, 1.807) is 13.0 Å². The van der Waals surface area contributed by atoms with Crippen molar-refractivity contribution in [2.75, 3.05) is 0 Å². The molecule has 0 N–H and O–H groups in total. The number of carbonyl (C=O) groups is 1. The smallest absolute Gasteiger partial charge is 0.336 e. The normalized spacial score (nSPS) is 11.4. The van der Waals surface area contributed by atoms with Crippen molar-refractivity contribution in [3.05, 3.63) is 33.7 Å². The van der Waals surface area contributed by atoms with Crippen molar-refractivity contribution in [1.82, 2.24) is 0 Å². The zero-order valence-electron chi connectivity index (χ0n) is 16.5. The van der Waals surface area contributed by atoms with Gasteiger partial charge in [0.25, 0.3) is 0 Å². The molecule has 5 nitrogen and oxygen atoms in total. The summed E-state index contributed by atoms with van der Waals surface area (Å²) in [6, 6.07) is 3.24. The van der Waals surface area contributed by atoms with Crippen molar-refractivity contribution in [3.8, 4) is 11.5 Å². The molecular weight excluding hydrogens is 332 g/mol. The van der Waals surface area contributed by atoms with Crippen LogP contribution >= 0.6 is 0 Å². The van der Waals surface area contributed by atoms with E-state index in [0.29, 0.717) is 28.9 Å². The Labute approximate surface area is 154 Å². The Kier molecular flexibility index (Phi) is 6.46. The molecule has 0 fully saturated rings. The van der Waals surface area contributed by atoms with E-state index in [0.717, 1.165) is 12.0 Å². The fourth-order valence-electron chi connectivity index (χ4n) is 2.96. The van der Waals surface area contributed by atoms with Crippen molar-refractivity contribution < 1.29 is 18.7 Å². The number of hydrogen-bond donors (Lipinski definition) is 0. The second kappa shape index (κ2) is 8.39. The van der Waals surface area contributed by atoms with Crippen LogP contribution in [0.15, 0.2) is 21.3 Å². The van der Waals surface area contributed by atoms with E-state index < -0.39 is 5.63 Å². The van der Waals surface area contributed by atoms with Crippen LogP contribution in [0.5, 0.6) is 11.5 Å². The summed E-state index contributed by atoms with van der Waals surface area (Å²) in [4.78, 5) is 24.8. The Morgan fingerprint density at radius 3 is 2.19 bits per heavy atom. The van der Waals surface area contributed by atoms with Crippen LogP contribution in [-0.4, -0.2) is 18.0 Å². The summed E-state index contributed by atoms with van der Waals surface area (Å²) in [5, 5.41) is 0.688. The van der Waals surface area contributed by atoms with Gasteiger partial charge in [-0.1, -0.05) is 20.3 Å². The lowest BCUT2D eigenvalue weighted by atomic mass is 9.98. The molecule has 26 heavy (non-hydrogen) atoms. The van der Waals surface area contributed by atoms with Crippen molar-refractivity contribution in [2.45, 2.75) is 73.0 Å². The van der Waals surface area contributed by atoms with Gasteiger partial charge in [0, 0.05) is 18.6 Å². The Morgan fingerprint density at radius 2 is 1.65 bits per heavy atom. The Balaban J connectivity index is 2.95. The molecular formula is C21H28O5. The first kappa shape index (κ1) is 20.0. The minimum Gasteiger partial charge on any atom is -0.490 e. The van der Waals surface area contributed by atoms with Crippen LogP contribution in [0.4, 0.5) is 0 Å². The van der Waals surface area contributed by atoms with E-state index in [9.17, 15) is 9.59 Å². The maximum Gasteiger partial charge on any atom is 0.336 e. The van der Waals surface area contributed by atoms with E-state index in [1.807, 2.05) is 34.6 Å². The molecule has 0 saturated carbocycles. The summed E-state index contributed by atoms with van der Waals surface area (Å²) in [6.45, 7) is 11.4. The second-order valence-electron chi connectivity index (χ2n) is 6.90. The third kappa shape index (κ3) is 4.26. The lowest BCUT2D eigenvalue weighted by Gasteiger charge is -2.20. The molecule has 142 valence electrons. The molecule has 0 aliphatic carbocycles. The number of rotatable bonds is 8. The number of fused-ring (bicyclic) bond motifs is 1. The maximum atomic E-state index is 12.7. The number of aryl methyl sites for hydroxylation is 1. The highest BCUT2D eigenvalue weighted by atomic mass is 16.5. The standard InChI is InChI=1S/C21H28O5/c1-7-9-14-10-18(23)26-21-19(14)16(24-12(3)4)11-17(25-13(5)6)20(21)15(22)8-2/h10-13H,7-9H2,1-6H3. The van der Waals surface area contributed by atoms with E-state index in [-0.39, 0.29) is 30.0 Å². The third-order valence-corrected chi connectivity index (χ3v) is 3.87. The van der Waals surface area contributed by atoms with Crippen LogP contribution in [0.2, 0.25) is 0 Å². The molecule has 0 aliphatic heterocycles. The minimum atomic E-state index is -0.469. The topological polar surface area (TPSA) is 65.7 Å². The summed E-state index contributed by atoms with van der Waals surface area (Å²) < 4.78 is 17.4. The minimum absolute atomic E-state index is 0.0702. The molecule has 5 heteroatoms. The van der Waals surface area contributed by atoms with Crippen LogP contribution in [0, 0.1) is 0 Å². The van der Waals surface area contributed by atoms with Crippen LogP contribution in [-0.2, 0) is 6.42 Å². The van der Waals surface area contributed by atoms with Gasteiger partial charge in [0.05, 0.1) is 17.6 Å². The van der Waals surface area contributed by atoms with E-state index in [4.69, 9.17) is 13.9 Å². The van der Waals surface area contributed by atoms with Gasteiger partial charge in [-0.2, -0.15) is 0 Å². The number of Topliss-reactive ketones (excluding diaryl/α,β-unsaturated/α-hetero) is 1. The predicted molar refractivity (Wildman–Crippen MR) is 103 cm³/mol. The first-order valence-electron chi connectivity index (χ1n) is 9.28. The van der Waals surface area contributed by atoms with E-state index in [2.05, 4.69) is 0 Å². The van der Waals surface area contributed by atoms with Gasteiger partial charge in [0.1, 0.15) is 17.1 Å². The monoisotopic (exact) mass is 360 g/mol. The van der Waals surface area contributed by atoms with Gasteiger partial charge in [-0.3, -0.25) is 4.79 Å². The van der Waals surface area contributed by atoms with Gasteiger partial charge in [0.15, 0.2) is 11.4 Å². The third-order valence-electron chi connectivity index (χ3n) is 3.87.